The highest BCUT2D eigenvalue weighted by atomic mass is 19.4. The lowest BCUT2D eigenvalue weighted by Gasteiger charge is -2.24. The molecule has 27 heavy (non-hydrogen) atoms. The smallest absolute Gasteiger partial charge is 0.434 e. The first-order valence-corrected chi connectivity index (χ1v) is 8.13. The highest BCUT2D eigenvalue weighted by Gasteiger charge is 2.38. The Morgan fingerprint density at radius 2 is 1.93 bits per heavy atom. The average molecular weight is 383 g/mol. The van der Waals surface area contributed by atoms with Gasteiger partial charge in [0.05, 0.1) is 5.92 Å². The number of amides is 1. The van der Waals surface area contributed by atoms with Crippen LogP contribution in [0.1, 0.15) is 41.9 Å². The summed E-state index contributed by atoms with van der Waals surface area (Å²) in [5.41, 5.74) is -0.852. The molecule has 3 rings (SSSR count). The number of rotatable bonds is 4. The molecule has 3 N–H and O–H groups in total. The van der Waals surface area contributed by atoms with E-state index in [1.54, 1.807) is 0 Å². The summed E-state index contributed by atoms with van der Waals surface area (Å²) in [5.74, 6) is -3.11. The molecule has 0 aliphatic carbocycles. The molecule has 7 nitrogen and oxygen atoms in total. The summed E-state index contributed by atoms with van der Waals surface area (Å²) in [6.45, 7) is 0.308. The van der Waals surface area contributed by atoms with Crippen LogP contribution in [-0.2, 0) is 22.3 Å². The number of carbonyl (C=O) groups excluding carboxylic acids is 1. The zero-order valence-electron chi connectivity index (χ0n) is 13.9. The average Bonchev–Trinajstić information content (AvgIpc) is 3.04. The topological polar surface area (TPSA) is 104 Å². The van der Waals surface area contributed by atoms with Crippen LogP contribution >= 0.6 is 0 Å². The van der Waals surface area contributed by atoms with E-state index in [1.165, 1.54) is 28.8 Å². The molecule has 1 aliphatic heterocycles. The third-order valence-electron chi connectivity index (χ3n) is 4.38. The van der Waals surface area contributed by atoms with Crippen LogP contribution in [0.2, 0.25) is 0 Å². The van der Waals surface area contributed by atoms with Crippen LogP contribution in [-0.4, -0.2) is 31.6 Å². The van der Waals surface area contributed by atoms with Crippen LogP contribution in [0.15, 0.2) is 30.5 Å². The molecule has 10 heteroatoms. The Hall–Kier alpha value is -3.04. The summed E-state index contributed by atoms with van der Waals surface area (Å²) in [6.07, 6.45) is -3.03. The van der Waals surface area contributed by atoms with Gasteiger partial charge in [-0.25, -0.2) is 9.78 Å². The highest BCUT2D eigenvalue weighted by Crippen LogP contribution is 2.34. The predicted molar refractivity (Wildman–Crippen MR) is 85.8 cm³/mol. The largest absolute Gasteiger partial charge is 0.508 e. The van der Waals surface area contributed by atoms with E-state index >= 15 is 0 Å². The summed E-state index contributed by atoms with van der Waals surface area (Å²) in [5, 5.41) is 21.1. The van der Waals surface area contributed by atoms with Gasteiger partial charge in [0.2, 0.25) is 5.91 Å². The molecule has 2 heterocycles. The van der Waals surface area contributed by atoms with Crippen molar-refractivity contribution in [3.05, 3.63) is 47.5 Å². The van der Waals surface area contributed by atoms with E-state index in [2.05, 4.69) is 10.3 Å². The summed E-state index contributed by atoms with van der Waals surface area (Å²) in [7, 11) is 0. The number of carbonyl (C=O) groups is 2. The number of hydrogen-bond donors (Lipinski definition) is 3. The molecule has 0 saturated carbocycles. The number of hydrogen-bond acceptors (Lipinski definition) is 4. The first-order chi connectivity index (χ1) is 12.7. The minimum atomic E-state index is -4.62. The zero-order valence-corrected chi connectivity index (χ0v) is 13.9. The van der Waals surface area contributed by atoms with Crippen molar-refractivity contribution in [1.82, 2.24) is 14.9 Å². The van der Waals surface area contributed by atoms with Crippen molar-refractivity contribution in [3.63, 3.8) is 0 Å². The number of phenolic OH excluding ortho intramolecular Hbond substituents is 1. The number of alkyl halides is 3. The minimum absolute atomic E-state index is 0.0269. The second-order valence-corrected chi connectivity index (χ2v) is 6.24. The van der Waals surface area contributed by atoms with Crippen molar-refractivity contribution in [2.45, 2.75) is 37.5 Å². The fourth-order valence-electron chi connectivity index (χ4n) is 3.06. The van der Waals surface area contributed by atoms with Crippen molar-refractivity contribution in [2.24, 2.45) is 0 Å². The molecule has 1 unspecified atom stereocenters. The standard InChI is InChI=1S/C17H16F3N3O4/c18-17(19,20)12-8-23-7-1-2-11(14(23)21-12)15(25)22-13(16(26)27)9-3-5-10(24)6-4-9/h3-6,8,11,13,24H,1-2,7H2,(H,22,25)(H,26,27)/t11?,13-/m1/s1. The summed E-state index contributed by atoms with van der Waals surface area (Å²) in [6, 6.07) is 3.85. The Kier molecular flexibility index (Phi) is 4.81. The monoisotopic (exact) mass is 383 g/mol. The van der Waals surface area contributed by atoms with Crippen molar-refractivity contribution < 1.29 is 33.0 Å². The first kappa shape index (κ1) is 18.7. The number of aromatic nitrogens is 2. The fraction of sp³-hybridized carbons (Fsp3) is 0.353. The number of aryl methyl sites for hydroxylation is 1. The molecule has 0 fully saturated rings. The maximum absolute atomic E-state index is 12.9. The van der Waals surface area contributed by atoms with Gasteiger partial charge in [0.1, 0.15) is 11.6 Å². The fourth-order valence-corrected chi connectivity index (χ4v) is 3.06. The summed E-state index contributed by atoms with van der Waals surface area (Å²) in [4.78, 5) is 27.7. The number of benzene rings is 1. The van der Waals surface area contributed by atoms with Gasteiger partial charge in [-0.05, 0) is 30.5 Å². The van der Waals surface area contributed by atoms with Crippen LogP contribution < -0.4 is 5.32 Å². The van der Waals surface area contributed by atoms with Crippen LogP contribution in [0.25, 0.3) is 0 Å². The van der Waals surface area contributed by atoms with Gasteiger partial charge in [0, 0.05) is 12.7 Å². The minimum Gasteiger partial charge on any atom is -0.508 e. The number of imidazole rings is 1. The molecule has 0 bridgehead atoms. The van der Waals surface area contributed by atoms with Gasteiger partial charge in [-0.3, -0.25) is 4.79 Å². The second kappa shape index (κ2) is 6.93. The molecular formula is C17H16F3N3O4. The van der Waals surface area contributed by atoms with Crippen LogP contribution in [0.4, 0.5) is 13.2 Å². The molecule has 0 spiro atoms. The molecule has 1 aromatic carbocycles. The summed E-state index contributed by atoms with van der Waals surface area (Å²) >= 11 is 0. The number of carboxylic acids is 1. The van der Waals surface area contributed by atoms with E-state index in [9.17, 15) is 33.0 Å². The van der Waals surface area contributed by atoms with Crippen molar-refractivity contribution in [2.75, 3.05) is 0 Å². The Bertz CT molecular complexity index is 861. The van der Waals surface area contributed by atoms with E-state index in [1.807, 2.05) is 0 Å². The molecule has 1 amide bonds. The van der Waals surface area contributed by atoms with E-state index in [0.717, 1.165) is 6.20 Å². The molecular weight excluding hydrogens is 367 g/mol. The van der Waals surface area contributed by atoms with E-state index in [-0.39, 0.29) is 23.6 Å². The van der Waals surface area contributed by atoms with Crippen LogP contribution in [0, 0.1) is 0 Å². The quantitative estimate of drug-likeness (QED) is 0.752. The summed E-state index contributed by atoms with van der Waals surface area (Å²) < 4.78 is 40.0. The van der Waals surface area contributed by atoms with Crippen molar-refractivity contribution in [3.8, 4) is 5.75 Å². The van der Waals surface area contributed by atoms with Gasteiger partial charge < -0.3 is 20.1 Å². The van der Waals surface area contributed by atoms with Crippen molar-refractivity contribution >= 4 is 11.9 Å². The lowest BCUT2D eigenvalue weighted by Crippen LogP contribution is -2.38. The van der Waals surface area contributed by atoms with Gasteiger partial charge in [0.25, 0.3) is 0 Å². The van der Waals surface area contributed by atoms with E-state index in [4.69, 9.17) is 0 Å². The maximum Gasteiger partial charge on any atom is 0.434 e. The van der Waals surface area contributed by atoms with Crippen molar-refractivity contribution in [1.29, 1.82) is 0 Å². The lowest BCUT2D eigenvalue weighted by molar-refractivity contribution is -0.142. The molecule has 0 radical (unpaired) electrons. The number of carboxylic acid groups (broad SMARTS) is 1. The molecule has 1 aromatic heterocycles. The maximum atomic E-state index is 12.9. The predicted octanol–water partition coefficient (Wildman–Crippen LogP) is 2.43. The third-order valence-corrected chi connectivity index (χ3v) is 4.38. The number of fused-ring (bicyclic) bond motifs is 1. The van der Waals surface area contributed by atoms with E-state index in [0.29, 0.717) is 13.0 Å². The zero-order chi connectivity index (χ0) is 19.8. The Morgan fingerprint density at radius 3 is 2.52 bits per heavy atom. The Morgan fingerprint density at radius 1 is 1.26 bits per heavy atom. The number of aromatic hydroxyl groups is 1. The number of halogens is 3. The first-order valence-electron chi connectivity index (χ1n) is 8.13. The van der Waals surface area contributed by atoms with Gasteiger partial charge in [-0.1, -0.05) is 12.1 Å². The molecule has 2 atom stereocenters. The number of nitrogens with one attached hydrogen (secondary N) is 1. The number of aliphatic carboxylic acids is 1. The van der Waals surface area contributed by atoms with Crippen LogP contribution in [0.5, 0.6) is 5.75 Å². The lowest BCUT2D eigenvalue weighted by atomic mass is 9.97. The Balaban J connectivity index is 1.85. The highest BCUT2D eigenvalue weighted by molar-refractivity contribution is 5.88. The van der Waals surface area contributed by atoms with Gasteiger partial charge >= 0.3 is 12.1 Å². The van der Waals surface area contributed by atoms with Crippen LogP contribution in [0.3, 0.4) is 0 Å². The SMILES string of the molecule is O=C(N[C@@H](C(=O)O)c1ccc(O)cc1)C1CCCn2cc(C(F)(F)F)nc21. The molecule has 144 valence electrons. The van der Waals surface area contributed by atoms with E-state index < -0.39 is 35.7 Å². The van der Waals surface area contributed by atoms with Gasteiger partial charge in [-0.2, -0.15) is 13.2 Å². The molecule has 0 saturated heterocycles. The third kappa shape index (κ3) is 3.88. The number of phenols is 1. The van der Waals surface area contributed by atoms with Gasteiger partial charge in [0.15, 0.2) is 11.7 Å². The number of nitrogens with zero attached hydrogens (tertiary/aromatic N) is 2. The normalized spacial score (nSPS) is 17.8. The second-order valence-electron chi connectivity index (χ2n) is 6.24. The molecule has 2 aromatic rings. The Labute approximate surface area is 151 Å². The van der Waals surface area contributed by atoms with Gasteiger partial charge in [-0.15, -0.1) is 0 Å². The molecule has 1 aliphatic rings.